The lowest BCUT2D eigenvalue weighted by Crippen LogP contribution is -2.26. The molecule has 0 fully saturated rings. The number of nitrogens with one attached hydrogen (secondary N) is 1. The maximum atomic E-state index is 12.0. The van der Waals surface area contributed by atoms with Gasteiger partial charge in [0.1, 0.15) is 13.2 Å². The molecule has 1 N–H and O–H groups in total. The van der Waals surface area contributed by atoms with Crippen LogP contribution in [0.4, 0.5) is 0 Å². The second-order valence-corrected chi connectivity index (χ2v) is 5.06. The average Bonchev–Trinajstić information content (AvgIpc) is 3.00. The number of carbonyl (C=O) groups is 1. The third-order valence-corrected chi connectivity index (χ3v) is 3.59. The highest BCUT2D eigenvalue weighted by Crippen LogP contribution is 2.30. The monoisotopic (exact) mass is 290 g/mol. The summed E-state index contributed by atoms with van der Waals surface area (Å²) in [5, 5.41) is 4.86. The van der Waals surface area contributed by atoms with Gasteiger partial charge in [-0.2, -0.15) is 0 Å². The lowest BCUT2D eigenvalue weighted by atomic mass is 10.2. The number of carbonyl (C=O) groups excluding carboxylic acids is 1. The number of thiazole rings is 1. The number of benzene rings is 1. The Morgan fingerprint density at radius 1 is 1.30 bits per heavy atom. The van der Waals surface area contributed by atoms with Crippen LogP contribution in [-0.4, -0.2) is 30.6 Å². The first kappa shape index (κ1) is 12.9. The summed E-state index contributed by atoms with van der Waals surface area (Å²) in [6, 6.07) is 5.22. The minimum atomic E-state index is -0.114. The predicted octanol–water partition coefficient (Wildman–Crippen LogP) is 1.89. The zero-order valence-electron chi connectivity index (χ0n) is 10.8. The number of aromatic nitrogens is 1. The van der Waals surface area contributed by atoms with E-state index in [1.807, 2.05) is 5.38 Å². The summed E-state index contributed by atoms with van der Waals surface area (Å²) in [6.07, 6.45) is 0.736. The van der Waals surface area contributed by atoms with Crippen molar-refractivity contribution >= 4 is 17.2 Å². The molecule has 0 aliphatic carbocycles. The van der Waals surface area contributed by atoms with Crippen molar-refractivity contribution in [3.05, 3.63) is 40.3 Å². The Morgan fingerprint density at radius 2 is 2.15 bits per heavy atom. The van der Waals surface area contributed by atoms with Crippen LogP contribution in [0.3, 0.4) is 0 Å². The fourth-order valence-corrected chi connectivity index (χ4v) is 2.54. The minimum absolute atomic E-state index is 0.114. The largest absolute Gasteiger partial charge is 0.486 e. The van der Waals surface area contributed by atoms with Gasteiger partial charge < -0.3 is 14.8 Å². The molecule has 1 aromatic heterocycles. The molecule has 0 atom stereocenters. The highest BCUT2D eigenvalue weighted by atomic mass is 32.1. The van der Waals surface area contributed by atoms with Crippen LogP contribution in [0.25, 0.3) is 0 Å². The predicted molar refractivity (Wildman–Crippen MR) is 75.6 cm³/mol. The van der Waals surface area contributed by atoms with Gasteiger partial charge in [-0.15, -0.1) is 11.3 Å². The summed E-state index contributed by atoms with van der Waals surface area (Å²) >= 11 is 1.56. The molecule has 1 aliphatic heterocycles. The number of hydrogen-bond donors (Lipinski definition) is 1. The Labute approximate surface area is 120 Å². The fraction of sp³-hybridized carbons (Fsp3) is 0.286. The molecular weight excluding hydrogens is 276 g/mol. The number of nitrogens with zero attached hydrogens (tertiary/aromatic N) is 1. The number of amides is 1. The summed E-state index contributed by atoms with van der Waals surface area (Å²) in [4.78, 5) is 16.2. The molecule has 1 aromatic carbocycles. The van der Waals surface area contributed by atoms with E-state index < -0.39 is 0 Å². The van der Waals surface area contributed by atoms with E-state index in [4.69, 9.17) is 9.47 Å². The Morgan fingerprint density at radius 3 is 2.95 bits per heavy atom. The summed E-state index contributed by atoms with van der Waals surface area (Å²) in [6.45, 7) is 1.63. The molecular formula is C14H14N2O3S. The molecule has 2 heterocycles. The Bertz CT molecular complexity index is 598. The second-order valence-electron chi connectivity index (χ2n) is 4.34. The van der Waals surface area contributed by atoms with Gasteiger partial charge in [-0.25, -0.2) is 4.98 Å². The first-order valence-electron chi connectivity index (χ1n) is 6.38. The van der Waals surface area contributed by atoms with E-state index in [1.165, 1.54) is 0 Å². The van der Waals surface area contributed by atoms with Gasteiger partial charge in [0.25, 0.3) is 5.91 Å². The van der Waals surface area contributed by atoms with Gasteiger partial charge in [-0.05, 0) is 18.2 Å². The molecule has 0 radical (unpaired) electrons. The SMILES string of the molecule is O=C(NCCc1cscn1)c1ccc2c(c1)OCCO2. The summed E-state index contributed by atoms with van der Waals surface area (Å²) < 4.78 is 10.9. The zero-order chi connectivity index (χ0) is 13.8. The Balaban J connectivity index is 1.59. The standard InChI is InChI=1S/C14H14N2O3S/c17-14(15-4-3-11-8-20-9-16-11)10-1-2-12-13(7-10)19-6-5-18-12/h1-2,7-9H,3-6H2,(H,15,17). The van der Waals surface area contributed by atoms with E-state index in [-0.39, 0.29) is 5.91 Å². The number of hydrogen-bond acceptors (Lipinski definition) is 5. The molecule has 0 bridgehead atoms. The topological polar surface area (TPSA) is 60.5 Å². The third-order valence-electron chi connectivity index (χ3n) is 2.95. The summed E-state index contributed by atoms with van der Waals surface area (Å²) in [5.41, 5.74) is 3.36. The molecule has 0 saturated carbocycles. The van der Waals surface area contributed by atoms with Gasteiger partial charge in [0.05, 0.1) is 11.2 Å². The minimum Gasteiger partial charge on any atom is -0.486 e. The van der Waals surface area contributed by atoms with Crippen molar-refractivity contribution in [2.45, 2.75) is 6.42 Å². The molecule has 2 aromatic rings. The maximum Gasteiger partial charge on any atom is 0.251 e. The van der Waals surface area contributed by atoms with Gasteiger partial charge in [-0.3, -0.25) is 4.79 Å². The van der Waals surface area contributed by atoms with Crippen LogP contribution in [0, 0.1) is 0 Å². The molecule has 0 unspecified atom stereocenters. The van der Waals surface area contributed by atoms with Crippen LogP contribution < -0.4 is 14.8 Å². The lowest BCUT2D eigenvalue weighted by molar-refractivity contribution is 0.0953. The van der Waals surface area contributed by atoms with Crippen LogP contribution in [0.15, 0.2) is 29.1 Å². The molecule has 0 spiro atoms. The number of rotatable bonds is 4. The second kappa shape index (κ2) is 5.92. The molecule has 1 amide bonds. The van der Waals surface area contributed by atoms with Gasteiger partial charge in [0.15, 0.2) is 11.5 Å². The normalized spacial score (nSPS) is 13.0. The number of ether oxygens (including phenoxy) is 2. The van der Waals surface area contributed by atoms with Crippen molar-refractivity contribution < 1.29 is 14.3 Å². The molecule has 104 valence electrons. The van der Waals surface area contributed by atoms with Crippen LogP contribution >= 0.6 is 11.3 Å². The van der Waals surface area contributed by atoms with Crippen molar-refractivity contribution in [3.8, 4) is 11.5 Å². The first-order valence-corrected chi connectivity index (χ1v) is 7.32. The molecule has 0 saturated heterocycles. The van der Waals surface area contributed by atoms with Gasteiger partial charge in [-0.1, -0.05) is 0 Å². The Kier molecular flexibility index (Phi) is 3.83. The molecule has 1 aliphatic rings. The Hall–Kier alpha value is -2.08. The van der Waals surface area contributed by atoms with E-state index in [0.29, 0.717) is 36.8 Å². The molecule has 3 rings (SSSR count). The van der Waals surface area contributed by atoms with E-state index in [1.54, 1.807) is 35.0 Å². The summed E-state index contributed by atoms with van der Waals surface area (Å²) in [5.74, 6) is 1.20. The van der Waals surface area contributed by atoms with Gasteiger partial charge >= 0.3 is 0 Å². The van der Waals surface area contributed by atoms with Crippen molar-refractivity contribution in [2.24, 2.45) is 0 Å². The average molecular weight is 290 g/mol. The van der Waals surface area contributed by atoms with Gasteiger partial charge in [0, 0.05) is 23.9 Å². The van der Waals surface area contributed by atoms with Crippen molar-refractivity contribution in [2.75, 3.05) is 19.8 Å². The lowest BCUT2D eigenvalue weighted by Gasteiger charge is -2.18. The highest BCUT2D eigenvalue weighted by Gasteiger charge is 2.14. The van der Waals surface area contributed by atoms with Crippen molar-refractivity contribution in [1.82, 2.24) is 10.3 Å². The smallest absolute Gasteiger partial charge is 0.251 e. The van der Waals surface area contributed by atoms with E-state index in [0.717, 1.165) is 12.1 Å². The van der Waals surface area contributed by atoms with Gasteiger partial charge in [0.2, 0.25) is 0 Å². The third kappa shape index (κ3) is 2.91. The number of fused-ring (bicyclic) bond motifs is 1. The molecule has 5 nitrogen and oxygen atoms in total. The zero-order valence-corrected chi connectivity index (χ0v) is 11.6. The first-order chi connectivity index (χ1) is 9.83. The van der Waals surface area contributed by atoms with Crippen molar-refractivity contribution in [1.29, 1.82) is 0 Å². The van der Waals surface area contributed by atoms with Crippen LogP contribution in [-0.2, 0) is 6.42 Å². The van der Waals surface area contributed by atoms with Crippen LogP contribution in [0.5, 0.6) is 11.5 Å². The van der Waals surface area contributed by atoms with Crippen LogP contribution in [0.1, 0.15) is 16.1 Å². The van der Waals surface area contributed by atoms with E-state index in [9.17, 15) is 4.79 Å². The maximum absolute atomic E-state index is 12.0. The highest BCUT2D eigenvalue weighted by molar-refractivity contribution is 7.07. The molecule has 6 heteroatoms. The van der Waals surface area contributed by atoms with Crippen LogP contribution in [0.2, 0.25) is 0 Å². The van der Waals surface area contributed by atoms with E-state index >= 15 is 0 Å². The fourth-order valence-electron chi connectivity index (χ4n) is 1.95. The quantitative estimate of drug-likeness (QED) is 0.934. The van der Waals surface area contributed by atoms with E-state index in [2.05, 4.69) is 10.3 Å². The van der Waals surface area contributed by atoms with Crippen molar-refractivity contribution in [3.63, 3.8) is 0 Å². The summed E-state index contributed by atoms with van der Waals surface area (Å²) in [7, 11) is 0. The molecule has 20 heavy (non-hydrogen) atoms.